The third-order valence-electron chi connectivity index (χ3n) is 2.35. The quantitative estimate of drug-likeness (QED) is 0.821. The van der Waals surface area contributed by atoms with Gasteiger partial charge in [-0.05, 0) is 17.7 Å². The first-order chi connectivity index (χ1) is 8.91. The number of benzene rings is 1. The van der Waals surface area contributed by atoms with Gasteiger partial charge in [-0.25, -0.2) is 0 Å². The molecule has 19 heavy (non-hydrogen) atoms. The average molecular weight is 276 g/mol. The van der Waals surface area contributed by atoms with Gasteiger partial charge in [0.25, 0.3) is 0 Å². The van der Waals surface area contributed by atoms with Crippen molar-refractivity contribution >= 4 is 6.08 Å². The third kappa shape index (κ3) is 4.39. The predicted octanol–water partition coefficient (Wildman–Crippen LogP) is 3.68. The van der Waals surface area contributed by atoms with Gasteiger partial charge < -0.3 is 14.2 Å². The van der Waals surface area contributed by atoms with Crippen LogP contribution in [0, 0.1) is 0 Å². The van der Waals surface area contributed by atoms with Gasteiger partial charge in [-0.2, -0.15) is 13.2 Å². The van der Waals surface area contributed by atoms with Gasteiger partial charge in [0.05, 0.1) is 27.8 Å². The van der Waals surface area contributed by atoms with Crippen LogP contribution in [0.1, 0.15) is 12.0 Å². The summed E-state index contributed by atoms with van der Waals surface area (Å²) in [5, 5.41) is 0. The zero-order valence-electron chi connectivity index (χ0n) is 10.9. The molecule has 0 radical (unpaired) electrons. The molecule has 0 aliphatic heterocycles. The smallest absolute Gasteiger partial charge is 0.392 e. The van der Waals surface area contributed by atoms with Crippen LogP contribution in [0.25, 0.3) is 6.08 Å². The minimum atomic E-state index is -4.21. The van der Waals surface area contributed by atoms with Gasteiger partial charge >= 0.3 is 6.18 Å². The van der Waals surface area contributed by atoms with E-state index in [-0.39, 0.29) is 0 Å². The van der Waals surface area contributed by atoms with Crippen molar-refractivity contribution in [3.05, 3.63) is 23.8 Å². The average Bonchev–Trinajstić information content (AvgIpc) is 2.35. The van der Waals surface area contributed by atoms with E-state index in [0.717, 1.165) is 6.08 Å². The van der Waals surface area contributed by atoms with E-state index in [1.165, 1.54) is 27.4 Å². The largest absolute Gasteiger partial charge is 0.493 e. The van der Waals surface area contributed by atoms with Crippen LogP contribution in [0.4, 0.5) is 13.2 Å². The summed E-state index contributed by atoms with van der Waals surface area (Å²) in [7, 11) is 4.35. The van der Waals surface area contributed by atoms with Crippen LogP contribution in [0.5, 0.6) is 17.2 Å². The molecule has 0 bridgehead atoms. The number of alkyl halides is 3. The fraction of sp³-hybridized carbons (Fsp3) is 0.385. The van der Waals surface area contributed by atoms with Crippen molar-refractivity contribution < 1.29 is 27.4 Å². The Hall–Kier alpha value is -1.85. The van der Waals surface area contributed by atoms with Gasteiger partial charge in [-0.3, -0.25) is 0 Å². The van der Waals surface area contributed by atoms with Gasteiger partial charge in [0, 0.05) is 0 Å². The Morgan fingerprint density at radius 1 is 1.00 bits per heavy atom. The number of methoxy groups -OCH3 is 3. The van der Waals surface area contributed by atoms with Crippen LogP contribution in [0.15, 0.2) is 18.2 Å². The van der Waals surface area contributed by atoms with Crippen LogP contribution >= 0.6 is 0 Å². The van der Waals surface area contributed by atoms with E-state index in [1.54, 1.807) is 12.1 Å². The number of hydrogen-bond donors (Lipinski definition) is 0. The van der Waals surface area contributed by atoms with E-state index in [0.29, 0.717) is 22.8 Å². The highest BCUT2D eigenvalue weighted by atomic mass is 19.4. The Balaban J connectivity index is 3.03. The van der Waals surface area contributed by atoms with E-state index in [4.69, 9.17) is 14.2 Å². The van der Waals surface area contributed by atoms with Crippen LogP contribution in [0.2, 0.25) is 0 Å². The highest BCUT2D eigenvalue weighted by molar-refractivity contribution is 5.62. The van der Waals surface area contributed by atoms with Crippen molar-refractivity contribution in [2.24, 2.45) is 0 Å². The van der Waals surface area contributed by atoms with Gasteiger partial charge in [-0.1, -0.05) is 12.2 Å². The highest BCUT2D eigenvalue weighted by Crippen LogP contribution is 2.38. The maximum atomic E-state index is 12.0. The molecule has 0 amide bonds. The number of hydrogen-bond acceptors (Lipinski definition) is 3. The van der Waals surface area contributed by atoms with Crippen molar-refractivity contribution in [3.8, 4) is 17.2 Å². The van der Waals surface area contributed by atoms with E-state index < -0.39 is 12.6 Å². The van der Waals surface area contributed by atoms with Crippen LogP contribution in [0.3, 0.4) is 0 Å². The fourth-order valence-electron chi connectivity index (χ4n) is 1.53. The van der Waals surface area contributed by atoms with E-state index in [2.05, 4.69) is 0 Å². The van der Waals surface area contributed by atoms with Crippen molar-refractivity contribution in [3.63, 3.8) is 0 Å². The Labute approximate surface area is 109 Å². The second-order valence-corrected chi connectivity index (χ2v) is 3.68. The molecule has 0 N–H and O–H groups in total. The molecule has 0 spiro atoms. The fourth-order valence-corrected chi connectivity index (χ4v) is 1.53. The molecule has 0 saturated carbocycles. The zero-order valence-corrected chi connectivity index (χ0v) is 10.9. The Kier molecular flexibility index (Phi) is 5.09. The highest BCUT2D eigenvalue weighted by Gasteiger charge is 2.24. The SMILES string of the molecule is COc1cc(/C=C/CC(F)(F)F)cc(OC)c1OC. The maximum Gasteiger partial charge on any atom is 0.392 e. The molecule has 0 heterocycles. The standard InChI is InChI=1S/C13H15F3O3/c1-17-10-7-9(5-4-6-13(14,15)16)8-11(18-2)12(10)19-3/h4-5,7-8H,6H2,1-3H3/b5-4+. The van der Waals surface area contributed by atoms with Crippen molar-refractivity contribution in [2.75, 3.05) is 21.3 Å². The molecule has 1 aromatic carbocycles. The monoisotopic (exact) mass is 276 g/mol. The Morgan fingerprint density at radius 3 is 1.89 bits per heavy atom. The lowest BCUT2D eigenvalue weighted by Crippen LogP contribution is -2.03. The second-order valence-electron chi connectivity index (χ2n) is 3.68. The van der Waals surface area contributed by atoms with Crippen molar-refractivity contribution in [1.29, 1.82) is 0 Å². The van der Waals surface area contributed by atoms with E-state index in [9.17, 15) is 13.2 Å². The molecule has 1 rings (SSSR count). The molecule has 0 atom stereocenters. The summed E-state index contributed by atoms with van der Waals surface area (Å²) >= 11 is 0. The summed E-state index contributed by atoms with van der Waals surface area (Å²) in [4.78, 5) is 0. The van der Waals surface area contributed by atoms with Gasteiger partial charge in [0.2, 0.25) is 5.75 Å². The zero-order chi connectivity index (χ0) is 14.5. The minimum Gasteiger partial charge on any atom is -0.493 e. The van der Waals surface area contributed by atoms with Crippen molar-refractivity contribution in [2.45, 2.75) is 12.6 Å². The Bertz CT molecular complexity index is 428. The molecule has 106 valence electrons. The van der Waals surface area contributed by atoms with Gasteiger partial charge in [-0.15, -0.1) is 0 Å². The molecule has 6 heteroatoms. The summed E-state index contributed by atoms with van der Waals surface area (Å²) in [5.41, 5.74) is 0.541. The normalized spacial score (nSPS) is 11.7. The number of halogens is 3. The third-order valence-corrected chi connectivity index (χ3v) is 2.35. The lowest BCUT2D eigenvalue weighted by Gasteiger charge is -2.12. The lowest BCUT2D eigenvalue weighted by atomic mass is 10.1. The first-order valence-corrected chi connectivity index (χ1v) is 5.44. The van der Waals surface area contributed by atoms with Crippen LogP contribution < -0.4 is 14.2 Å². The number of allylic oxidation sites excluding steroid dienone is 1. The topological polar surface area (TPSA) is 27.7 Å². The molecule has 0 saturated heterocycles. The summed E-state index contributed by atoms with van der Waals surface area (Å²) in [6, 6.07) is 3.16. The van der Waals surface area contributed by atoms with Crippen molar-refractivity contribution in [1.82, 2.24) is 0 Å². The summed E-state index contributed by atoms with van der Waals surface area (Å²) < 4.78 is 51.5. The molecule has 1 aromatic rings. The summed E-state index contributed by atoms with van der Waals surface area (Å²) in [6.45, 7) is 0. The van der Waals surface area contributed by atoms with E-state index >= 15 is 0 Å². The first kappa shape index (κ1) is 15.2. The minimum absolute atomic E-state index is 0.397. The Morgan fingerprint density at radius 2 is 1.53 bits per heavy atom. The molecule has 0 aromatic heterocycles. The van der Waals surface area contributed by atoms with Gasteiger partial charge in [0.1, 0.15) is 0 Å². The maximum absolute atomic E-state index is 12.0. The molecule has 3 nitrogen and oxygen atoms in total. The van der Waals surface area contributed by atoms with Crippen LogP contribution in [-0.4, -0.2) is 27.5 Å². The number of ether oxygens (including phenoxy) is 3. The summed E-state index contributed by atoms with van der Waals surface area (Å²) in [6.07, 6.45) is -2.79. The molecule has 0 aliphatic carbocycles. The first-order valence-electron chi connectivity index (χ1n) is 5.44. The molecular formula is C13H15F3O3. The van der Waals surface area contributed by atoms with Crippen LogP contribution in [-0.2, 0) is 0 Å². The predicted molar refractivity (Wildman–Crippen MR) is 65.8 cm³/mol. The molecular weight excluding hydrogens is 261 g/mol. The number of rotatable bonds is 5. The molecule has 0 unspecified atom stereocenters. The van der Waals surface area contributed by atoms with E-state index in [1.807, 2.05) is 0 Å². The second kappa shape index (κ2) is 6.36. The van der Waals surface area contributed by atoms with Gasteiger partial charge in [0.15, 0.2) is 11.5 Å². The summed E-state index contributed by atoms with van der Waals surface area (Å²) in [5.74, 6) is 1.19. The molecule has 0 aliphatic rings. The lowest BCUT2D eigenvalue weighted by molar-refractivity contribution is -0.124. The molecule has 0 fully saturated rings.